The number of aromatic nitrogens is 1. The number of aryl methyl sites for hydroxylation is 2. The molecule has 0 radical (unpaired) electrons. The normalized spacial score (nSPS) is 24.8. The fraction of sp³-hybridized carbons (Fsp3) is 0.632. The van der Waals surface area contributed by atoms with E-state index in [4.69, 9.17) is 9.72 Å². The minimum Gasteiger partial charge on any atom is -0.381 e. The molecule has 1 N–H and O–H groups in total. The molecule has 6 nitrogen and oxygen atoms in total. The first-order valence-electron chi connectivity index (χ1n) is 9.37. The zero-order valence-corrected chi connectivity index (χ0v) is 14.5. The molecular formula is C19H25N3O3. The minimum absolute atomic E-state index is 0.0587. The lowest BCUT2D eigenvalue weighted by molar-refractivity contribution is -0.131. The number of carbonyl (C=O) groups is 2. The fourth-order valence-corrected chi connectivity index (χ4v) is 4.14. The number of fused-ring (bicyclic) bond motifs is 1. The summed E-state index contributed by atoms with van der Waals surface area (Å²) >= 11 is 0. The highest BCUT2D eigenvalue weighted by atomic mass is 16.5. The Morgan fingerprint density at radius 3 is 2.76 bits per heavy atom. The van der Waals surface area contributed by atoms with Crippen molar-refractivity contribution in [2.24, 2.45) is 5.92 Å². The van der Waals surface area contributed by atoms with Crippen LogP contribution in [-0.4, -0.2) is 41.1 Å². The van der Waals surface area contributed by atoms with Gasteiger partial charge in [-0.15, -0.1) is 0 Å². The summed E-state index contributed by atoms with van der Waals surface area (Å²) in [6.07, 6.45) is 6.65. The summed E-state index contributed by atoms with van der Waals surface area (Å²) in [7, 11) is 0. The molecular weight excluding hydrogens is 318 g/mol. The molecule has 1 aromatic rings. The molecule has 0 saturated carbocycles. The van der Waals surface area contributed by atoms with Crippen molar-refractivity contribution in [3.05, 3.63) is 29.1 Å². The highest BCUT2D eigenvalue weighted by Crippen LogP contribution is 2.25. The van der Waals surface area contributed by atoms with E-state index in [0.717, 1.165) is 37.1 Å². The molecule has 2 fully saturated rings. The van der Waals surface area contributed by atoms with E-state index in [1.165, 1.54) is 23.3 Å². The predicted octanol–water partition coefficient (Wildman–Crippen LogP) is 2.20. The standard InChI is InChI=1S/C19H25N3O3/c23-18-11-17(14-7-9-25-10-8-14)21-19(24)22(18)12-15-6-5-13-3-1-2-4-16(13)20-15/h5-6,14,17H,1-4,7-12H2,(H,21,24). The second-order valence-electron chi connectivity index (χ2n) is 7.31. The summed E-state index contributed by atoms with van der Waals surface area (Å²) in [6.45, 7) is 1.69. The highest BCUT2D eigenvalue weighted by Gasteiger charge is 2.36. The molecule has 3 aliphatic rings. The third-order valence-electron chi connectivity index (χ3n) is 5.64. The minimum atomic E-state index is -0.285. The SMILES string of the molecule is O=C1CC(C2CCOCC2)NC(=O)N1Cc1ccc2c(n1)CCCC2. The van der Waals surface area contributed by atoms with Crippen LogP contribution in [0.15, 0.2) is 12.1 Å². The van der Waals surface area contributed by atoms with Gasteiger partial charge in [-0.2, -0.15) is 0 Å². The van der Waals surface area contributed by atoms with Crippen LogP contribution in [0.2, 0.25) is 0 Å². The van der Waals surface area contributed by atoms with Crippen molar-refractivity contribution < 1.29 is 14.3 Å². The lowest BCUT2D eigenvalue weighted by Gasteiger charge is -2.36. The molecule has 6 heteroatoms. The number of rotatable bonds is 3. The molecule has 3 heterocycles. The van der Waals surface area contributed by atoms with Crippen LogP contribution < -0.4 is 5.32 Å². The van der Waals surface area contributed by atoms with E-state index in [2.05, 4.69) is 11.4 Å². The van der Waals surface area contributed by atoms with Crippen molar-refractivity contribution in [1.82, 2.24) is 15.2 Å². The van der Waals surface area contributed by atoms with Gasteiger partial charge in [-0.1, -0.05) is 6.07 Å². The first-order valence-corrected chi connectivity index (χ1v) is 9.37. The third-order valence-corrected chi connectivity index (χ3v) is 5.64. The van der Waals surface area contributed by atoms with Crippen LogP contribution in [0.25, 0.3) is 0 Å². The number of pyridine rings is 1. The van der Waals surface area contributed by atoms with Gasteiger partial charge in [-0.25, -0.2) is 4.79 Å². The Labute approximate surface area is 147 Å². The average Bonchev–Trinajstić information content (AvgIpc) is 2.65. The Balaban J connectivity index is 1.43. The number of urea groups is 1. The smallest absolute Gasteiger partial charge is 0.324 e. The summed E-state index contributed by atoms with van der Waals surface area (Å²) in [4.78, 5) is 31.1. The zero-order valence-electron chi connectivity index (χ0n) is 14.5. The summed E-state index contributed by atoms with van der Waals surface area (Å²) in [5.41, 5.74) is 3.24. The molecule has 0 aromatic carbocycles. The van der Waals surface area contributed by atoms with Crippen molar-refractivity contribution in [3.63, 3.8) is 0 Å². The van der Waals surface area contributed by atoms with Crippen LogP contribution in [0.4, 0.5) is 4.79 Å². The molecule has 1 aliphatic carbocycles. The Morgan fingerprint density at radius 2 is 1.96 bits per heavy atom. The number of nitrogens with zero attached hydrogens (tertiary/aromatic N) is 2. The van der Waals surface area contributed by atoms with Gasteiger partial charge in [0.2, 0.25) is 5.91 Å². The summed E-state index contributed by atoms with van der Waals surface area (Å²) in [5, 5.41) is 3.03. The maximum Gasteiger partial charge on any atom is 0.324 e. The molecule has 3 amide bonds. The number of nitrogens with one attached hydrogen (secondary N) is 1. The van der Waals surface area contributed by atoms with E-state index in [1.807, 2.05) is 6.07 Å². The lowest BCUT2D eigenvalue weighted by atomic mass is 9.88. The lowest BCUT2D eigenvalue weighted by Crippen LogP contribution is -2.57. The van der Waals surface area contributed by atoms with Gasteiger partial charge in [0.25, 0.3) is 0 Å². The maximum atomic E-state index is 12.6. The van der Waals surface area contributed by atoms with Crippen molar-refractivity contribution in [3.8, 4) is 0 Å². The van der Waals surface area contributed by atoms with Crippen molar-refractivity contribution in [2.45, 2.75) is 57.5 Å². The van der Waals surface area contributed by atoms with Gasteiger partial charge in [-0.05, 0) is 56.1 Å². The Bertz CT molecular complexity index is 652. The second kappa shape index (κ2) is 7.12. The molecule has 134 valence electrons. The largest absolute Gasteiger partial charge is 0.381 e. The Kier molecular flexibility index (Phi) is 4.70. The molecule has 2 aliphatic heterocycles. The third kappa shape index (κ3) is 3.54. The van der Waals surface area contributed by atoms with E-state index in [0.29, 0.717) is 25.6 Å². The van der Waals surface area contributed by atoms with Crippen molar-refractivity contribution in [1.29, 1.82) is 0 Å². The van der Waals surface area contributed by atoms with Gasteiger partial charge < -0.3 is 10.1 Å². The van der Waals surface area contributed by atoms with E-state index in [9.17, 15) is 9.59 Å². The average molecular weight is 343 g/mol. The van der Waals surface area contributed by atoms with Gasteiger partial charge >= 0.3 is 6.03 Å². The summed E-state index contributed by atoms with van der Waals surface area (Å²) in [6, 6.07) is 3.72. The number of ether oxygens (including phenoxy) is 1. The number of imide groups is 1. The molecule has 2 saturated heterocycles. The molecule has 4 rings (SSSR count). The van der Waals surface area contributed by atoms with Gasteiger partial charge in [0.1, 0.15) is 0 Å². The fourth-order valence-electron chi connectivity index (χ4n) is 4.14. The van der Waals surface area contributed by atoms with Crippen LogP contribution in [0.1, 0.15) is 49.1 Å². The van der Waals surface area contributed by atoms with E-state index in [-0.39, 0.29) is 24.5 Å². The topological polar surface area (TPSA) is 71.5 Å². The maximum absolute atomic E-state index is 12.6. The van der Waals surface area contributed by atoms with E-state index < -0.39 is 0 Å². The quantitative estimate of drug-likeness (QED) is 0.913. The van der Waals surface area contributed by atoms with Gasteiger partial charge in [-0.3, -0.25) is 14.7 Å². The van der Waals surface area contributed by atoms with Crippen molar-refractivity contribution >= 4 is 11.9 Å². The molecule has 0 spiro atoms. The summed E-state index contributed by atoms with van der Waals surface area (Å²) < 4.78 is 5.37. The first-order chi connectivity index (χ1) is 12.2. The van der Waals surface area contributed by atoms with Crippen LogP contribution in [0, 0.1) is 5.92 Å². The Hall–Kier alpha value is -1.95. The zero-order chi connectivity index (χ0) is 17.2. The molecule has 0 bridgehead atoms. The first kappa shape index (κ1) is 16.5. The molecule has 1 aromatic heterocycles. The molecule has 1 atom stereocenters. The second-order valence-corrected chi connectivity index (χ2v) is 7.31. The van der Waals surface area contributed by atoms with Gasteiger partial charge in [0.05, 0.1) is 12.2 Å². The monoisotopic (exact) mass is 343 g/mol. The number of carbonyl (C=O) groups excluding carboxylic acids is 2. The van der Waals surface area contributed by atoms with E-state index in [1.54, 1.807) is 0 Å². The number of hydrogen-bond donors (Lipinski definition) is 1. The van der Waals surface area contributed by atoms with Gasteiger partial charge in [0, 0.05) is 31.4 Å². The van der Waals surface area contributed by atoms with E-state index >= 15 is 0 Å². The van der Waals surface area contributed by atoms with Crippen molar-refractivity contribution in [2.75, 3.05) is 13.2 Å². The Morgan fingerprint density at radius 1 is 1.16 bits per heavy atom. The molecule has 1 unspecified atom stereocenters. The van der Waals surface area contributed by atoms with Crippen LogP contribution in [0.3, 0.4) is 0 Å². The highest BCUT2D eigenvalue weighted by molar-refractivity contribution is 5.97. The number of hydrogen-bond acceptors (Lipinski definition) is 4. The number of amides is 3. The predicted molar refractivity (Wildman–Crippen MR) is 91.9 cm³/mol. The van der Waals surface area contributed by atoms with Gasteiger partial charge in [0.15, 0.2) is 0 Å². The molecule has 25 heavy (non-hydrogen) atoms. The van der Waals surface area contributed by atoms with Crippen LogP contribution >= 0.6 is 0 Å². The van der Waals surface area contributed by atoms with Crippen LogP contribution in [-0.2, 0) is 28.9 Å². The summed E-state index contributed by atoms with van der Waals surface area (Å²) in [5.74, 6) is 0.241. The van der Waals surface area contributed by atoms with Crippen LogP contribution in [0.5, 0.6) is 0 Å².